The number of carbonyl (C=O) groups is 1. The molecule has 2 aliphatic heterocycles. The Morgan fingerprint density at radius 3 is 3.00 bits per heavy atom. The Balaban J connectivity index is 2.08. The van der Waals surface area contributed by atoms with Gasteiger partial charge in [-0.05, 0) is 31.7 Å². The molecule has 0 radical (unpaired) electrons. The lowest BCUT2D eigenvalue weighted by molar-refractivity contribution is -0.142. The van der Waals surface area contributed by atoms with Gasteiger partial charge in [-0.3, -0.25) is 9.69 Å². The number of aliphatic carboxylic acids is 1. The fraction of sp³-hybridized carbons (Fsp3) is 0.875. The number of piperidine rings is 1. The second-order valence-corrected chi connectivity index (χ2v) is 3.59. The van der Waals surface area contributed by atoms with E-state index >= 15 is 0 Å². The van der Waals surface area contributed by atoms with Crippen molar-refractivity contribution in [1.29, 1.82) is 0 Å². The van der Waals surface area contributed by atoms with Crippen LogP contribution in [0.2, 0.25) is 0 Å². The molecule has 0 aromatic heterocycles. The van der Waals surface area contributed by atoms with Crippen LogP contribution in [0.3, 0.4) is 0 Å². The molecular weight excluding hydrogens is 142 g/mol. The van der Waals surface area contributed by atoms with Gasteiger partial charge >= 0.3 is 5.97 Å². The van der Waals surface area contributed by atoms with E-state index in [4.69, 9.17) is 5.11 Å². The fourth-order valence-corrected chi connectivity index (χ4v) is 2.29. The van der Waals surface area contributed by atoms with Crippen molar-refractivity contribution in [1.82, 2.24) is 4.90 Å². The van der Waals surface area contributed by atoms with Crippen LogP contribution in [0.1, 0.15) is 19.3 Å². The molecule has 0 spiro atoms. The van der Waals surface area contributed by atoms with Crippen LogP contribution in [-0.4, -0.2) is 35.1 Å². The Hall–Kier alpha value is -0.570. The lowest BCUT2D eigenvalue weighted by atomic mass is 10.00. The highest BCUT2D eigenvalue weighted by Gasteiger charge is 2.38. The van der Waals surface area contributed by atoms with Gasteiger partial charge in [0, 0.05) is 6.54 Å². The minimum absolute atomic E-state index is 0.164. The molecule has 3 atom stereocenters. The van der Waals surface area contributed by atoms with Crippen molar-refractivity contribution < 1.29 is 9.90 Å². The topological polar surface area (TPSA) is 40.5 Å². The van der Waals surface area contributed by atoms with Gasteiger partial charge < -0.3 is 5.11 Å². The lowest BCUT2D eigenvalue weighted by Gasteiger charge is -2.23. The predicted octanol–water partition coefficient (Wildman–Crippen LogP) is 0.555. The van der Waals surface area contributed by atoms with Crippen molar-refractivity contribution in [2.24, 2.45) is 5.92 Å². The van der Waals surface area contributed by atoms with E-state index in [0.717, 1.165) is 19.5 Å². The molecule has 1 N–H and O–H groups in total. The number of rotatable bonds is 1. The first-order valence-electron chi connectivity index (χ1n) is 4.24. The zero-order chi connectivity index (χ0) is 7.84. The first kappa shape index (κ1) is 7.10. The first-order chi connectivity index (χ1) is 5.27. The number of carboxylic acids is 1. The summed E-state index contributed by atoms with van der Waals surface area (Å²) in [6.45, 7) is 2.02. The zero-order valence-electron chi connectivity index (χ0n) is 6.49. The van der Waals surface area contributed by atoms with Crippen molar-refractivity contribution in [3.8, 4) is 0 Å². The molecule has 0 saturated carbocycles. The van der Waals surface area contributed by atoms with E-state index < -0.39 is 5.97 Å². The summed E-state index contributed by atoms with van der Waals surface area (Å²) in [4.78, 5) is 12.8. The first-order valence-corrected chi connectivity index (χ1v) is 4.24. The van der Waals surface area contributed by atoms with Crippen molar-refractivity contribution >= 4 is 5.97 Å². The fourth-order valence-electron chi connectivity index (χ4n) is 2.29. The summed E-state index contributed by atoms with van der Waals surface area (Å²) in [5, 5.41) is 8.82. The summed E-state index contributed by atoms with van der Waals surface area (Å²) in [6.07, 6.45) is 3.31. The summed E-state index contributed by atoms with van der Waals surface area (Å²) in [5.41, 5.74) is 0. The quantitative estimate of drug-likeness (QED) is 0.601. The Morgan fingerprint density at radius 2 is 2.36 bits per heavy atom. The van der Waals surface area contributed by atoms with Crippen LogP contribution in [0.5, 0.6) is 0 Å². The lowest BCUT2D eigenvalue weighted by Crippen LogP contribution is -2.37. The average Bonchev–Trinajstić information content (AvgIpc) is 2.27. The van der Waals surface area contributed by atoms with E-state index in [1.165, 1.54) is 12.8 Å². The molecule has 0 aromatic rings. The number of carboxylic acid groups (broad SMARTS) is 1. The third-order valence-corrected chi connectivity index (χ3v) is 2.83. The molecule has 2 aliphatic rings. The molecule has 62 valence electrons. The Labute approximate surface area is 66.0 Å². The third kappa shape index (κ3) is 1.13. The zero-order valence-corrected chi connectivity index (χ0v) is 6.49. The van der Waals surface area contributed by atoms with Crippen LogP contribution < -0.4 is 0 Å². The molecular formula is C8H13NO2. The van der Waals surface area contributed by atoms with Gasteiger partial charge in [0.1, 0.15) is 6.04 Å². The number of nitrogens with zero attached hydrogens (tertiary/aromatic N) is 1. The SMILES string of the molecule is O=C(O)[C@H]1C[C@H]2CCCN1C2. The van der Waals surface area contributed by atoms with Gasteiger partial charge in [-0.25, -0.2) is 0 Å². The Morgan fingerprint density at radius 1 is 1.55 bits per heavy atom. The van der Waals surface area contributed by atoms with Gasteiger partial charge in [0.15, 0.2) is 0 Å². The van der Waals surface area contributed by atoms with Crippen LogP contribution >= 0.6 is 0 Å². The Kier molecular flexibility index (Phi) is 1.60. The molecule has 0 aliphatic carbocycles. The second kappa shape index (κ2) is 2.48. The van der Waals surface area contributed by atoms with E-state index in [-0.39, 0.29) is 6.04 Å². The second-order valence-electron chi connectivity index (χ2n) is 3.59. The van der Waals surface area contributed by atoms with Crippen LogP contribution in [-0.2, 0) is 4.79 Å². The van der Waals surface area contributed by atoms with E-state index in [9.17, 15) is 4.79 Å². The monoisotopic (exact) mass is 155 g/mol. The standard InChI is InChI=1S/C8H13NO2/c10-8(11)7-4-6-2-1-3-9(7)5-6/h6-7H,1-5H2,(H,10,11)/t6-,7-/m1/s1. The van der Waals surface area contributed by atoms with Gasteiger partial charge in [-0.1, -0.05) is 0 Å². The highest BCUT2D eigenvalue weighted by molar-refractivity contribution is 5.73. The van der Waals surface area contributed by atoms with Crippen molar-refractivity contribution in [2.75, 3.05) is 13.1 Å². The summed E-state index contributed by atoms with van der Waals surface area (Å²) >= 11 is 0. The van der Waals surface area contributed by atoms with Gasteiger partial charge in [-0.15, -0.1) is 0 Å². The molecule has 2 fully saturated rings. The molecule has 0 aromatic carbocycles. The molecule has 2 heterocycles. The van der Waals surface area contributed by atoms with Crippen LogP contribution in [0.15, 0.2) is 0 Å². The van der Waals surface area contributed by atoms with Crippen LogP contribution in [0, 0.1) is 5.92 Å². The Bertz CT molecular complexity index is 181. The molecule has 2 rings (SSSR count). The van der Waals surface area contributed by atoms with Gasteiger partial charge in [0.25, 0.3) is 0 Å². The maximum atomic E-state index is 10.7. The highest BCUT2D eigenvalue weighted by atomic mass is 16.4. The number of fused-ring (bicyclic) bond motifs is 2. The molecule has 11 heavy (non-hydrogen) atoms. The van der Waals surface area contributed by atoms with E-state index in [0.29, 0.717) is 5.92 Å². The van der Waals surface area contributed by atoms with Gasteiger partial charge in [0.2, 0.25) is 0 Å². The van der Waals surface area contributed by atoms with Gasteiger partial charge in [0.05, 0.1) is 0 Å². The van der Waals surface area contributed by atoms with Crippen molar-refractivity contribution in [2.45, 2.75) is 25.3 Å². The molecule has 0 amide bonds. The number of hydrogen-bond donors (Lipinski definition) is 1. The minimum atomic E-state index is -0.630. The minimum Gasteiger partial charge on any atom is -0.480 e. The molecule has 3 nitrogen and oxygen atoms in total. The summed E-state index contributed by atoms with van der Waals surface area (Å²) in [7, 11) is 0. The largest absolute Gasteiger partial charge is 0.480 e. The van der Waals surface area contributed by atoms with Crippen molar-refractivity contribution in [3.05, 3.63) is 0 Å². The van der Waals surface area contributed by atoms with Crippen molar-refractivity contribution in [3.63, 3.8) is 0 Å². The maximum absolute atomic E-state index is 10.7. The number of hydrogen-bond acceptors (Lipinski definition) is 2. The summed E-state index contributed by atoms with van der Waals surface area (Å²) in [5.74, 6) is 0.0410. The van der Waals surface area contributed by atoms with Crippen LogP contribution in [0.4, 0.5) is 0 Å². The molecule has 2 saturated heterocycles. The van der Waals surface area contributed by atoms with Crippen LogP contribution in [0.25, 0.3) is 0 Å². The van der Waals surface area contributed by atoms with Gasteiger partial charge in [-0.2, -0.15) is 0 Å². The third-order valence-electron chi connectivity index (χ3n) is 2.83. The van der Waals surface area contributed by atoms with E-state index in [1.54, 1.807) is 0 Å². The molecule has 1 unspecified atom stereocenters. The normalized spacial score (nSPS) is 42.4. The maximum Gasteiger partial charge on any atom is 0.320 e. The molecule has 3 heteroatoms. The average molecular weight is 155 g/mol. The molecule has 2 bridgehead atoms. The van der Waals surface area contributed by atoms with E-state index in [1.807, 2.05) is 0 Å². The summed E-state index contributed by atoms with van der Waals surface area (Å²) < 4.78 is 0. The predicted molar refractivity (Wildman–Crippen MR) is 40.3 cm³/mol. The summed E-state index contributed by atoms with van der Waals surface area (Å²) in [6, 6.07) is -0.164. The van der Waals surface area contributed by atoms with E-state index in [2.05, 4.69) is 4.90 Å². The smallest absolute Gasteiger partial charge is 0.320 e. The highest BCUT2D eigenvalue weighted by Crippen LogP contribution is 2.31.